The van der Waals surface area contributed by atoms with Gasteiger partial charge < -0.3 is 4.90 Å². The topological polar surface area (TPSA) is 63.9 Å². The van der Waals surface area contributed by atoms with Crippen molar-refractivity contribution in [3.8, 4) is 17.1 Å². The molecule has 30 heavy (non-hydrogen) atoms. The number of benzene rings is 2. The van der Waals surface area contributed by atoms with Gasteiger partial charge in [-0.25, -0.2) is 0 Å². The van der Waals surface area contributed by atoms with Crippen molar-refractivity contribution in [2.24, 2.45) is 0 Å². The van der Waals surface area contributed by atoms with Gasteiger partial charge in [-0.3, -0.25) is 14.3 Å². The minimum absolute atomic E-state index is 0.157. The number of pyridine rings is 1. The van der Waals surface area contributed by atoms with Crippen molar-refractivity contribution in [3.63, 3.8) is 0 Å². The third-order valence-corrected chi connectivity index (χ3v) is 5.05. The van der Waals surface area contributed by atoms with E-state index in [0.717, 1.165) is 21.5 Å². The molecule has 0 bridgehead atoms. The van der Waals surface area contributed by atoms with E-state index in [1.54, 1.807) is 18.3 Å². The van der Waals surface area contributed by atoms with Crippen LogP contribution >= 0.6 is 15.9 Å². The van der Waals surface area contributed by atoms with Crippen molar-refractivity contribution in [2.75, 3.05) is 14.1 Å². The second-order valence-corrected chi connectivity index (χ2v) is 8.00. The van der Waals surface area contributed by atoms with E-state index >= 15 is 0 Å². The third-order valence-electron chi connectivity index (χ3n) is 4.56. The SMILES string of the molecule is CN(C)Cc1nnc(-c2ccccc2)n1-c1ccc(Br)cc1C(=O)c1ccccn1. The highest BCUT2D eigenvalue weighted by Gasteiger charge is 2.22. The van der Waals surface area contributed by atoms with Crippen LogP contribution in [0.5, 0.6) is 0 Å². The fourth-order valence-corrected chi connectivity index (χ4v) is 3.61. The van der Waals surface area contributed by atoms with Gasteiger partial charge in [-0.1, -0.05) is 52.3 Å². The summed E-state index contributed by atoms with van der Waals surface area (Å²) in [6.45, 7) is 0.577. The van der Waals surface area contributed by atoms with E-state index in [0.29, 0.717) is 23.6 Å². The molecule has 2 aromatic carbocycles. The van der Waals surface area contributed by atoms with E-state index in [2.05, 4.69) is 31.1 Å². The highest BCUT2D eigenvalue weighted by molar-refractivity contribution is 9.10. The lowest BCUT2D eigenvalue weighted by Gasteiger charge is -2.16. The molecule has 0 fully saturated rings. The Morgan fingerprint density at radius 2 is 1.77 bits per heavy atom. The van der Waals surface area contributed by atoms with E-state index in [9.17, 15) is 4.79 Å². The number of hydrogen-bond acceptors (Lipinski definition) is 5. The predicted molar refractivity (Wildman–Crippen MR) is 120 cm³/mol. The summed E-state index contributed by atoms with van der Waals surface area (Å²) in [6.07, 6.45) is 1.62. The average molecular weight is 462 g/mol. The Kier molecular flexibility index (Phi) is 5.83. The van der Waals surface area contributed by atoms with Gasteiger partial charge in [-0.2, -0.15) is 0 Å². The van der Waals surface area contributed by atoms with Gasteiger partial charge in [0.15, 0.2) is 11.6 Å². The summed E-state index contributed by atoms with van der Waals surface area (Å²) in [5, 5.41) is 8.90. The zero-order chi connectivity index (χ0) is 21.1. The van der Waals surface area contributed by atoms with Crippen LogP contribution in [0.2, 0.25) is 0 Å². The van der Waals surface area contributed by atoms with Crippen LogP contribution in [0.15, 0.2) is 77.4 Å². The molecule has 0 saturated heterocycles. The summed E-state index contributed by atoms with van der Waals surface area (Å²) < 4.78 is 2.77. The first kappa shape index (κ1) is 20.1. The Hall–Kier alpha value is -3.16. The van der Waals surface area contributed by atoms with E-state index in [1.807, 2.05) is 78.2 Å². The molecule has 0 aliphatic rings. The van der Waals surface area contributed by atoms with Crippen molar-refractivity contribution in [2.45, 2.75) is 6.54 Å². The van der Waals surface area contributed by atoms with E-state index in [4.69, 9.17) is 0 Å². The van der Waals surface area contributed by atoms with Crippen LogP contribution < -0.4 is 0 Å². The average Bonchev–Trinajstić information content (AvgIpc) is 3.17. The number of nitrogens with zero attached hydrogens (tertiary/aromatic N) is 5. The first-order chi connectivity index (χ1) is 14.5. The van der Waals surface area contributed by atoms with Crippen molar-refractivity contribution in [1.82, 2.24) is 24.6 Å². The monoisotopic (exact) mass is 461 g/mol. The molecule has 0 aliphatic carbocycles. The fraction of sp³-hybridized carbons (Fsp3) is 0.130. The molecule has 6 nitrogen and oxygen atoms in total. The lowest BCUT2D eigenvalue weighted by Crippen LogP contribution is -2.17. The molecule has 0 atom stereocenters. The largest absolute Gasteiger partial charge is 0.302 e. The van der Waals surface area contributed by atoms with Gasteiger partial charge in [-0.05, 0) is 44.4 Å². The van der Waals surface area contributed by atoms with Crippen LogP contribution in [-0.2, 0) is 6.54 Å². The summed E-state index contributed by atoms with van der Waals surface area (Å²) in [6, 6.07) is 20.8. The molecule has 4 aromatic rings. The number of hydrogen-bond donors (Lipinski definition) is 0. The second-order valence-electron chi connectivity index (χ2n) is 7.08. The maximum Gasteiger partial charge on any atom is 0.213 e. The Morgan fingerprint density at radius 1 is 1.00 bits per heavy atom. The van der Waals surface area contributed by atoms with Gasteiger partial charge in [0.25, 0.3) is 0 Å². The number of carbonyl (C=O) groups excluding carboxylic acids is 1. The van der Waals surface area contributed by atoms with Gasteiger partial charge in [0, 0.05) is 21.8 Å². The summed E-state index contributed by atoms with van der Waals surface area (Å²) >= 11 is 3.50. The van der Waals surface area contributed by atoms with Crippen LogP contribution in [0, 0.1) is 0 Å². The van der Waals surface area contributed by atoms with Crippen molar-refractivity contribution in [3.05, 3.63) is 94.5 Å². The van der Waals surface area contributed by atoms with Crippen LogP contribution in [0.3, 0.4) is 0 Å². The molecule has 0 radical (unpaired) electrons. The zero-order valence-electron chi connectivity index (χ0n) is 16.7. The molecule has 0 spiro atoms. The van der Waals surface area contributed by atoms with Crippen LogP contribution in [-0.4, -0.2) is 44.5 Å². The van der Waals surface area contributed by atoms with Gasteiger partial charge >= 0.3 is 0 Å². The molecule has 2 aromatic heterocycles. The quantitative estimate of drug-likeness (QED) is 0.398. The summed E-state index contributed by atoms with van der Waals surface area (Å²) in [7, 11) is 3.95. The number of ketones is 1. The van der Waals surface area contributed by atoms with Crippen LogP contribution in [0.25, 0.3) is 17.1 Å². The fourth-order valence-electron chi connectivity index (χ4n) is 3.25. The first-order valence-corrected chi connectivity index (χ1v) is 10.2. The molecular weight excluding hydrogens is 442 g/mol. The number of aromatic nitrogens is 4. The number of halogens is 1. The Morgan fingerprint density at radius 3 is 2.47 bits per heavy atom. The highest BCUT2D eigenvalue weighted by Crippen LogP contribution is 2.28. The molecule has 0 N–H and O–H groups in total. The van der Waals surface area contributed by atoms with Gasteiger partial charge in [0.1, 0.15) is 5.69 Å². The van der Waals surface area contributed by atoms with Crippen molar-refractivity contribution in [1.29, 1.82) is 0 Å². The van der Waals surface area contributed by atoms with Crippen molar-refractivity contribution < 1.29 is 4.79 Å². The smallest absolute Gasteiger partial charge is 0.213 e. The first-order valence-electron chi connectivity index (χ1n) is 9.44. The predicted octanol–water partition coefficient (Wildman–Crippen LogP) is 4.38. The molecule has 0 saturated carbocycles. The Balaban J connectivity index is 1.94. The summed E-state index contributed by atoms with van der Waals surface area (Å²) in [5.74, 6) is 1.27. The zero-order valence-corrected chi connectivity index (χ0v) is 18.2. The normalized spacial score (nSPS) is 11.1. The van der Waals surface area contributed by atoms with Gasteiger partial charge in [0.2, 0.25) is 5.78 Å². The summed E-state index contributed by atoms with van der Waals surface area (Å²) in [5.41, 5.74) is 2.56. The molecule has 7 heteroatoms. The molecule has 0 unspecified atom stereocenters. The summed E-state index contributed by atoms with van der Waals surface area (Å²) in [4.78, 5) is 19.6. The molecule has 4 rings (SSSR count). The minimum atomic E-state index is -0.157. The van der Waals surface area contributed by atoms with E-state index in [-0.39, 0.29) is 5.78 Å². The van der Waals surface area contributed by atoms with Crippen LogP contribution in [0.1, 0.15) is 21.9 Å². The molecule has 150 valence electrons. The second kappa shape index (κ2) is 8.69. The van der Waals surface area contributed by atoms with Crippen molar-refractivity contribution >= 4 is 21.7 Å². The number of rotatable bonds is 6. The lowest BCUT2D eigenvalue weighted by atomic mass is 10.0. The molecule has 0 amide bonds. The third kappa shape index (κ3) is 4.08. The Bertz CT molecular complexity index is 1170. The van der Waals surface area contributed by atoms with Crippen LogP contribution in [0.4, 0.5) is 0 Å². The molecule has 0 aliphatic heterocycles. The Labute approximate surface area is 183 Å². The maximum absolute atomic E-state index is 13.3. The molecular formula is C23H20BrN5O. The lowest BCUT2D eigenvalue weighted by molar-refractivity contribution is 0.103. The maximum atomic E-state index is 13.3. The van der Waals surface area contributed by atoms with Gasteiger partial charge in [0.05, 0.1) is 12.2 Å². The highest BCUT2D eigenvalue weighted by atomic mass is 79.9. The van der Waals surface area contributed by atoms with Gasteiger partial charge in [-0.15, -0.1) is 10.2 Å². The van der Waals surface area contributed by atoms with E-state index < -0.39 is 0 Å². The minimum Gasteiger partial charge on any atom is -0.302 e. The number of carbonyl (C=O) groups is 1. The van der Waals surface area contributed by atoms with E-state index in [1.165, 1.54) is 0 Å². The molecule has 2 heterocycles. The standard InChI is InChI=1S/C23H20BrN5O/c1-28(2)15-21-26-27-23(16-8-4-3-5-9-16)29(21)20-12-11-17(24)14-18(20)22(30)19-10-6-7-13-25-19/h3-14H,15H2,1-2H3.